The van der Waals surface area contributed by atoms with Gasteiger partial charge in [0.15, 0.2) is 5.69 Å². The summed E-state index contributed by atoms with van der Waals surface area (Å²) in [5, 5.41) is 3.77. The van der Waals surface area contributed by atoms with E-state index in [4.69, 9.17) is 4.74 Å². The molecule has 1 fully saturated rings. The average molecular weight is 465 g/mol. The molecule has 0 unspecified atom stereocenters. The topological polar surface area (TPSA) is 70.9 Å². The van der Waals surface area contributed by atoms with E-state index in [1.54, 1.807) is 29.2 Å². The summed E-state index contributed by atoms with van der Waals surface area (Å²) in [5.74, 6) is -0.0752. The zero-order chi connectivity index (χ0) is 23.8. The van der Waals surface area contributed by atoms with E-state index in [2.05, 4.69) is 10.00 Å². The van der Waals surface area contributed by atoms with E-state index < -0.39 is 17.8 Å². The van der Waals surface area contributed by atoms with Gasteiger partial charge < -0.3 is 19.4 Å². The van der Waals surface area contributed by atoms with Crippen LogP contribution in [-0.2, 0) is 17.4 Å². The molecule has 4 rings (SSSR count). The van der Waals surface area contributed by atoms with Crippen LogP contribution in [0.2, 0.25) is 0 Å². The minimum absolute atomic E-state index is 0.0226. The first-order valence-electron chi connectivity index (χ1n) is 10.8. The Bertz CT molecular complexity index is 1030. The summed E-state index contributed by atoms with van der Waals surface area (Å²) in [6.07, 6.45) is -4.52. The smallest absolute Gasteiger partial charge is 0.435 e. The lowest BCUT2D eigenvalue weighted by atomic mass is 10.0. The van der Waals surface area contributed by atoms with Crippen LogP contribution in [-0.4, -0.2) is 89.7 Å². The molecule has 2 aliphatic rings. The van der Waals surface area contributed by atoms with Gasteiger partial charge >= 0.3 is 6.18 Å². The van der Waals surface area contributed by atoms with Crippen LogP contribution < -0.4 is 4.74 Å². The van der Waals surface area contributed by atoms with Crippen molar-refractivity contribution in [2.75, 3.05) is 53.4 Å². The van der Waals surface area contributed by atoms with Crippen molar-refractivity contribution in [2.45, 2.75) is 19.0 Å². The second-order valence-electron chi connectivity index (χ2n) is 8.26. The molecule has 0 N–H and O–H groups in total. The van der Waals surface area contributed by atoms with Gasteiger partial charge in [-0.15, -0.1) is 0 Å². The lowest BCUT2D eigenvalue weighted by molar-refractivity contribution is -0.142. The van der Waals surface area contributed by atoms with Crippen LogP contribution in [0, 0.1) is 0 Å². The van der Waals surface area contributed by atoms with Gasteiger partial charge in [-0.3, -0.25) is 9.59 Å². The van der Waals surface area contributed by atoms with E-state index >= 15 is 0 Å². The van der Waals surface area contributed by atoms with Crippen molar-refractivity contribution in [3.63, 3.8) is 0 Å². The molecule has 178 valence electrons. The van der Waals surface area contributed by atoms with Crippen LogP contribution in [0.1, 0.15) is 28.2 Å². The molecule has 33 heavy (non-hydrogen) atoms. The molecule has 11 heteroatoms. The fraction of sp³-hybridized carbons (Fsp3) is 0.500. The van der Waals surface area contributed by atoms with Crippen LogP contribution in [0.3, 0.4) is 0 Å². The number of rotatable bonds is 5. The number of nitrogens with zero attached hydrogens (tertiary/aromatic N) is 5. The molecular weight excluding hydrogens is 439 g/mol. The fourth-order valence-electron chi connectivity index (χ4n) is 4.20. The molecule has 0 spiro atoms. The second-order valence-corrected chi connectivity index (χ2v) is 8.26. The quantitative estimate of drug-likeness (QED) is 0.676. The fourth-order valence-corrected chi connectivity index (χ4v) is 4.20. The lowest BCUT2D eigenvalue weighted by Crippen LogP contribution is -2.48. The lowest BCUT2D eigenvalue weighted by Gasteiger charge is -2.33. The molecule has 2 aromatic rings. The van der Waals surface area contributed by atoms with Crippen LogP contribution in [0.15, 0.2) is 24.3 Å². The third-order valence-electron chi connectivity index (χ3n) is 6.14. The Labute approximate surface area is 189 Å². The number of likely N-dealkylation sites (N-methyl/N-ethyl adjacent to an activating group) is 1. The van der Waals surface area contributed by atoms with Gasteiger partial charge in [-0.25, -0.2) is 4.68 Å². The maximum Gasteiger partial charge on any atom is 0.435 e. The first-order chi connectivity index (χ1) is 15.7. The number of methoxy groups -OCH3 is 1. The number of hydrogen-bond donors (Lipinski definition) is 0. The average Bonchev–Trinajstić information content (AvgIpc) is 3.20. The number of amides is 2. The summed E-state index contributed by atoms with van der Waals surface area (Å²) >= 11 is 0. The Kier molecular flexibility index (Phi) is 6.33. The van der Waals surface area contributed by atoms with Crippen molar-refractivity contribution in [2.24, 2.45) is 0 Å². The Morgan fingerprint density at radius 2 is 1.76 bits per heavy atom. The predicted molar refractivity (Wildman–Crippen MR) is 113 cm³/mol. The van der Waals surface area contributed by atoms with E-state index in [-0.39, 0.29) is 43.1 Å². The van der Waals surface area contributed by atoms with Gasteiger partial charge in [-0.05, 0) is 37.7 Å². The molecule has 2 amide bonds. The highest BCUT2D eigenvalue weighted by atomic mass is 19.4. The molecular formula is C22H26F3N5O3. The summed E-state index contributed by atoms with van der Waals surface area (Å²) in [7, 11) is 3.48. The van der Waals surface area contributed by atoms with Gasteiger partial charge in [-0.2, -0.15) is 18.3 Å². The van der Waals surface area contributed by atoms with Gasteiger partial charge in [0.1, 0.15) is 11.4 Å². The second kappa shape index (κ2) is 9.05. The minimum Gasteiger partial charge on any atom is -0.497 e. The van der Waals surface area contributed by atoms with Crippen molar-refractivity contribution in [1.29, 1.82) is 0 Å². The number of ether oxygens (including phenoxy) is 1. The number of carbonyl (C=O) groups excluding carboxylic acids is 2. The van der Waals surface area contributed by atoms with Gasteiger partial charge in [0, 0.05) is 51.3 Å². The van der Waals surface area contributed by atoms with Crippen LogP contribution in [0.25, 0.3) is 5.69 Å². The molecule has 0 atom stereocenters. The van der Waals surface area contributed by atoms with Crippen molar-refractivity contribution in [3.05, 3.63) is 41.2 Å². The first kappa shape index (κ1) is 23.1. The van der Waals surface area contributed by atoms with Crippen molar-refractivity contribution >= 4 is 11.8 Å². The zero-order valence-corrected chi connectivity index (χ0v) is 18.6. The Morgan fingerprint density at radius 3 is 2.36 bits per heavy atom. The number of halogens is 3. The Hall–Kier alpha value is -3.08. The Morgan fingerprint density at radius 1 is 1.09 bits per heavy atom. The SMILES string of the molecule is COc1ccc(-n2nc(C(F)(F)F)c3c2C(=O)N(CCC(=O)N2CCN(C)CC2)CC3)cc1. The van der Waals surface area contributed by atoms with Crippen LogP contribution >= 0.6 is 0 Å². The highest BCUT2D eigenvalue weighted by Gasteiger charge is 2.43. The minimum atomic E-state index is -4.68. The third-order valence-corrected chi connectivity index (χ3v) is 6.14. The summed E-state index contributed by atoms with van der Waals surface area (Å²) in [5.41, 5.74) is -0.933. The maximum absolute atomic E-state index is 13.7. The van der Waals surface area contributed by atoms with E-state index in [0.717, 1.165) is 17.8 Å². The van der Waals surface area contributed by atoms with E-state index in [0.29, 0.717) is 24.5 Å². The molecule has 8 nitrogen and oxygen atoms in total. The predicted octanol–water partition coefficient (Wildman–Crippen LogP) is 2.06. The van der Waals surface area contributed by atoms with E-state index in [1.165, 1.54) is 12.0 Å². The van der Waals surface area contributed by atoms with Crippen molar-refractivity contribution < 1.29 is 27.5 Å². The molecule has 1 aromatic carbocycles. The summed E-state index contributed by atoms with van der Waals surface area (Å²) in [6.45, 7) is 3.11. The largest absolute Gasteiger partial charge is 0.497 e. The molecule has 3 heterocycles. The van der Waals surface area contributed by atoms with Gasteiger partial charge in [0.05, 0.1) is 12.8 Å². The van der Waals surface area contributed by atoms with Crippen molar-refractivity contribution in [3.8, 4) is 11.4 Å². The summed E-state index contributed by atoms with van der Waals surface area (Å²) in [6, 6.07) is 6.29. The van der Waals surface area contributed by atoms with Gasteiger partial charge in [-0.1, -0.05) is 0 Å². The number of carbonyl (C=O) groups is 2. The number of fused-ring (bicyclic) bond motifs is 1. The Balaban J connectivity index is 1.57. The third kappa shape index (κ3) is 4.68. The van der Waals surface area contributed by atoms with Gasteiger partial charge in [0.25, 0.3) is 5.91 Å². The number of benzene rings is 1. The number of alkyl halides is 3. The standard InChI is InChI=1S/C22H26F3N5O3/c1-27-11-13-28(14-12-27)18(31)8-10-29-9-7-17-19(21(29)32)30(26-20(17)22(23,24)25)15-3-5-16(33-2)6-4-15/h3-6H,7-14H2,1-2H3. The zero-order valence-electron chi connectivity index (χ0n) is 18.6. The molecule has 2 aliphatic heterocycles. The molecule has 1 saturated heterocycles. The number of piperazine rings is 1. The van der Waals surface area contributed by atoms with Crippen LogP contribution in [0.5, 0.6) is 5.75 Å². The molecule has 0 radical (unpaired) electrons. The highest BCUT2D eigenvalue weighted by molar-refractivity contribution is 5.96. The van der Waals surface area contributed by atoms with E-state index in [1.807, 2.05) is 7.05 Å². The van der Waals surface area contributed by atoms with Crippen molar-refractivity contribution in [1.82, 2.24) is 24.5 Å². The summed E-state index contributed by atoms with van der Waals surface area (Å²) in [4.78, 5) is 31.2. The monoisotopic (exact) mass is 465 g/mol. The molecule has 0 saturated carbocycles. The molecule has 0 bridgehead atoms. The highest BCUT2D eigenvalue weighted by Crippen LogP contribution is 2.36. The van der Waals surface area contributed by atoms with Crippen LogP contribution in [0.4, 0.5) is 13.2 Å². The summed E-state index contributed by atoms with van der Waals surface area (Å²) < 4.78 is 47.1. The number of hydrogen-bond acceptors (Lipinski definition) is 5. The molecule has 1 aromatic heterocycles. The number of aromatic nitrogens is 2. The van der Waals surface area contributed by atoms with Gasteiger partial charge in [0.2, 0.25) is 5.91 Å². The maximum atomic E-state index is 13.7. The first-order valence-corrected chi connectivity index (χ1v) is 10.8. The van der Waals surface area contributed by atoms with E-state index in [9.17, 15) is 22.8 Å². The normalized spacial score (nSPS) is 17.3. The molecule has 0 aliphatic carbocycles.